The van der Waals surface area contributed by atoms with Crippen LogP contribution in [0.4, 0.5) is 9.59 Å². The molecule has 48 heavy (non-hydrogen) atoms. The average molecular weight is 674 g/mol. The van der Waals surface area contributed by atoms with Crippen molar-refractivity contribution in [2.45, 2.75) is 124 Å². The van der Waals surface area contributed by atoms with E-state index < -0.39 is 53.4 Å². The van der Waals surface area contributed by atoms with Crippen molar-refractivity contribution in [3.8, 4) is 0 Å². The summed E-state index contributed by atoms with van der Waals surface area (Å²) in [5.41, 5.74) is 1.73. The van der Waals surface area contributed by atoms with Gasteiger partial charge < -0.3 is 35.6 Å². The number of alkyl carbamates (subject to hydrolysis) is 1. The third-order valence-corrected chi connectivity index (χ3v) is 7.41. The van der Waals surface area contributed by atoms with Gasteiger partial charge in [0.25, 0.3) is 5.91 Å². The molecule has 1 saturated heterocycles. The SMILES string of the molecule is CC(C)C.CCCC(NC(=O)C1CCCN1C(=O)CNC(=O)OC(C)(C)C)C(=O)C(=O)NC1CC1.O=C(O)N1CCc2ccccc2C1. The first-order valence-corrected chi connectivity index (χ1v) is 17.0. The highest BCUT2D eigenvalue weighted by Crippen LogP contribution is 2.20. The van der Waals surface area contributed by atoms with Crippen LogP contribution < -0.4 is 16.0 Å². The number of amides is 5. The van der Waals surface area contributed by atoms with Crippen molar-refractivity contribution in [3.63, 3.8) is 0 Å². The van der Waals surface area contributed by atoms with Gasteiger partial charge in [0, 0.05) is 25.7 Å². The summed E-state index contributed by atoms with van der Waals surface area (Å²) in [5, 5.41) is 16.5. The number of nitrogens with one attached hydrogen (secondary N) is 3. The molecule has 1 aromatic carbocycles. The van der Waals surface area contributed by atoms with Crippen LogP contribution in [0.3, 0.4) is 0 Å². The van der Waals surface area contributed by atoms with Gasteiger partial charge in [-0.1, -0.05) is 58.4 Å². The second-order valence-electron chi connectivity index (χ2n) is 14.0. The maximum atomic E-state index is 12.8. The summed E-state index contributed by atoms with van der Waals surface area (Å²) in [5.74, 6) is -1.38. The first-order chi connectivity index (χ1) is 22.5. The minimum absolute atomic E-state index is 0.0508. The Morgan fingerprint density at radius 2 is 1.60 bits per heavy atom. The zero-order valence-electron chi connectivity index (χ0n) is 29.6. The van der Waals surface area contributed by atoms with E-state index in [1.807, 2.05) is 25.1 Å². The number of nitrogens with zero attached hydrogens (tertiary/aromatic N) is 2. The van der Waals surface area contributed by atoms with E-state index in [1.165, 1.54) is 15.4 Å². The van der Waals surface area contributed by atoms with Gasteiger partial charge in [-0.25, -0.2) is 9.59 Å². The normalized spacial score (nSPS) is 17.4. The van der Waals surface area contributed by atoms with Gasteiger partial charge in [0.15, 0.2) is 0 Å². The topological polar surface area (TPSA) is 174 Å². The van der Waals surface area contributed by atoms with E-state index in [0.717, 1.165) is 30.7 Å². The number of Topliss-reactive ketones (excluding diaryl/α,β-unsaturated/α-hetero) is 1. The van der Waals surface area contributed by atoms with Crippen LogP contribution in [0.15, 0.2) is 24.3 Å². The van der Waals surface area contributed by atoms with Crippen LogP contribution in [0.1, 0.15) is 98.1 Å². The zero-order valence-corrected chi connectivity index (χ0v) is 29.6. The molecule has 1 aliphatic carbocycles. The summed E-state index contributed by atoms with van der Waals surface area (Å²) in [6.45, 7) is 14.7. The molecule has 13 heteroatoms. The second-order valence-corrected chi connectivity index (χ2v) is 14.0. The van der Waals surface area contributed by atoms with Crippen molar-refractivity contribution in [2.75, 3.05) is 19.6 Å². The van der Waals surface area contributed by atoms with E-state index in [9.17, 15) is 28.8 Å². The average Bonchev–Trinajstić information content (AvgIpc) is 3.68. The second kappa shape index (κ2) is 19.0. The Balaban J connectivity index is 0.000000384. The number of ether oxygens (including phenoxy) is 1. The predicted molar refractivity (Wildman–Crippen MR) is 181 cm³/mol. The summed E-state index contributed by atoms with van der Waals surface area (Å²) in [4.78, 5) is 75.3. The Bertz CT molecular complexity index is 1270. The molecule has 5 amide bonds. The number of carbonyl (C=O) groups excluding carboxylic acids is 5. The van der Waals surface area contributed by atoms with Crippen molar-refractivity contribution < 1.29 is 38.6 Å². The molecule has 1 saturated carbocycles. The summed E-state index contributed by atoms with van der Waals surface area (Å²) < 4.78 is 5.11. The maximum Gasteiger partial charge on any atom is 0.408 e. The monoisotopic (exact) mass is 673 g/mol. The third kappa shape index (κ3) is 14.3. The zero-order chi connectivity index (χ0) is 36.0. The fraction of sp³-hybridized carbons (Fsp3) is 0.657. The summed E-state index contributed by atoms with van der Waals surface area (Å²) in [7, 11) is 0. The highest BCUT2D eigenvalue weighted by Gasteiger charge is 2.37. The number of carbonyl (C=O) groups is 6. The van der Waals surface area contributed by atoms with Gasteiger partial charge >= 0.3 is 12.2 Å². The first-order valence-electron chi connectivity index (χ1n) is 17.0. The smallest absolute Gasteiger partial charge is 0.408 e. The van der Waals surface area contributed by atoms with Crippen molar-refractivity contribution in [1.29, 1.82) is 0 Å². The molecule has 4 rings (SSSR count). The van der Waals surface area contributed by atoms with E-state index in [1.54, 1.807) is 20.8 Å². The Hall–Kier alpha value is -4.16. The number of hydrogen-bond acceptors (Lipinski definition) is 7. The van der Waals surface area contributed by atoms with Crippen LogP contribution >= 0.6 is 0 Å². The number of likely N-dealkylation sites (tertiary alicyclic amines) is 1. The standard InChI is InChI=1S/C21H34N4O6.C10H11NO2.C4H10/c1-5-7-14(17(27)19(29)23-13-9-10-13)24-18(28)15-8-6-11-25(15)16(26)12-22-20(30)31-21(2,3)4;12-10(13)11-6-5-8-3-1-2-4-9(8)7-11;1-4(2)3/h13-15H,5-12H2,1-4H3,(H,22,30)(H,23,29)(H,24,28);1-4H,5-7H2,(H,12,13);4H,1-3H3. The Kier molecular flexibility index (Phi) is 15.8. The van der Waals surface area contributed by atoms with Crippen molar-refractivity contribution in [2.24, 2.45) is 5.92 Å². The van der Waals surface area contributed by atoms with E-state index in [4.69, 9.17) is 9.84 Å². The van der Waals surface area contributed by atoms with Gasteiger partial charge in [-0.15, -0.1) is 0 Å². The highest BCUT2D eigenvalue weighted by atomic mass is 16.6. The van der Waals surface area contributed by atoms with E-state index >= 15 is 0 Å². The summed E-state index contributed by atoms with van der Waals surface area (Å²) >= 11 is 0. The lowest BCUT2D eigenvalue weighted by Crippen LogP contribution is -2.54. The molecule has 0 radical (unpaired) electrons. The molecular weight excluding hydrogens is 618 g/mol. The van der Waals surface area contributed by atoms with Crippen LogP contribution in [0, 0.1) is 5.92 Å². The molecule has 2 aliphatic heterocycles. The van der Waals surface area contributed by atoms with Gasteiger partial charge in [0.05, 0.1) is 6.04 Å². The molecule has 0 aromatic heterocycles. The lowest BCUT2D eigenvalue weighted by molar-refractivity contribution is -0.142. The minimum Gasteiger partial charge on any atom is -0.465 e. The molecule has 2 heterocycles. The van der Waals surface area contributed by atoms with E-state index in [0.29, 0.717) is 45.3 Å². The molecule has 13 nitrogen and oxygen atoms in total. The quantitative estimate of drug-likeness (QED) is 0.285. The molecule has 3 aliphatic rings. The van der Waals surface area contributed by atoms with Crippen LogP contribution in [0.5, 0.6) is 0 Å². The number of ketones is 1. The van der Waals surface area contributed by atoms with Crippen LogP contribution in [-0.2, 0) is 36.9 Å². The highest BCUT2D eigenvalue weighted by molar-refractivity contribution is 6.38. The van der Waals surface area contributed by atoms with Crippen LogP contribution in [0.25, 0.3) is 0 Å². The molecule has 0 spiro atoms. The number of fused-ring (bicyclic) bond motifs is 1. The van der Waals surface area contributed by atoms with Crippen molar-refractivity contribution in [1.82, 2.24) is 25.8 Å². The van der Waals surface area contributed by atoms with Gasteiger partial charge in [-0.3, -0.25) is 19.2 Å². The van der Waals surface area contributed by atoms with Crippen LogP contribution in [-0.4, -0.2) is 94.0 Å². The molecule has 2 atom stereocenters. The molecule has 2 fully saturated rings. The number of hydrogen-bond donors (Lipinski definition) is 4. The van der Waals surface area contributed by atoms with Gasteiger partial charge in [0.1, 0.15) is 18.2 Å². The van der Waals surface area contributed by atoms with Crippen LogP contribution in [0.2, 0.25) is 0 Å². The minimum atomic E-state index is -0.923. The largest absolute Gasteiger partial charge is 0.465 e. The van der Waals surface area contributed by atoms with Gasteiger partial charge in [-0.2, -0.15) is 0 Å². The predicted octanol–water partition coefficient (Wildman–Crippen LogP) is 4.02. The Morgan fingerprint density at radius 1 is 0.979 bits per heavy atom. The Morgan fingerprint density at radius 3 is 2.17 bits per heavy atom. The van der Waals surface area contributed by atoms with Gasteiger partial charge in [0.2, 0.25) is 17.6 Å². The number of rotatable bonds is 9. The lowest BCUT2D eigenvalue weighted by Gasteiger charge is -2.26. The number of benzene rings is 1. The first kappa shape index (κ1) is 40.0. The fourth-order valence-corrected chi connectivity index (χ4v) is 5.03. The molecule has 2 unspecified atom stereocenters. The lowest BCUT2D eigenvalue weighted by atomic mass is 10.0. The Labute approximate surface area is 284 Å². The fourth-order valence-electron chi connectivity index (χ4n) is 5.03. The van der Waals surface area contributed by atoms with Crippen molar-refractivity contribution in [3.05, 3.63) is 35.4 Å². The molecule has 4 N–H and O–H groups in total. The van der Waals surface area contributed by atoms with E-state index in [2.05, 4.69) is 42.8 Å². The maximum absolute atomic E-state index is 12.8. The molecule has 0 bridgehead atoms. The van der Waals surface area contributed by atoms with Gasteiger partial charge in [-0.05, 0) is 76.3 Å². The molecule has 268 valence electrons. The summed E-state index contributed by atoms with van der Waals surface area (Å²) in [6, 6.07) is 6.38. The van der Waals surface area contributed by atoms with E-state index in [-0.39, 0.29) is 12.6 Å². The molecular formula is C35H55N5O8. The number of carboxylic acid groups (broad SMARTS) is 1. The molecule has 1 aromatic rings. The third-order valence-electron chi connectivity index (χ3n) is 7.41. The summed E-state index contributed by atoms with van der Waals surface area (Å²) in [6.07, 6.45) is 3.05. The van der Waals surface area contributed by atoms with Crippen molar-refractivity contribution >= 4 is 35.7 Å².